The Morgan fingerprint density at radius 2 is 1.81 bits per heavy atom. The molecule has 5 heteroatoms. The number of quaternary nitrogens is 1. The van der Waals surface area contributed by atoms with Crippen LogP contribution in [0.4, 0.5) is 0 Å². The first-order valence-electron chi connectivity index (χ1n) is 9.28. The second-order valence-electron chi connectivity index (χ2n) is 7.17. The summed E-state index contributed by atoms with van der Waals surface area (Å²) in [6.45, 7) is 4.24. The Kier molecular flexibility index (Phi) is 4.62. The number of methoxy groups -OCH3 is 2. The van der Waals surface area contributed by atoms with Gasteiger partial charge in [-0.15, -0.1) is 0 Å². The van der Waals surface area contributed by atoms with Crippen molar-refractivity contribution >= 4 is 16.7 Å². The first-order valence-corrected chi connectivity index (χ1v) is 9.28. The summed E-state index contributed by atoms with van der Waals surface area (Å²) in [6.07, 6.45) is 0.936. The molecule has 0 amide bonds. The van der Waals surface area contributed by atoms with Crippen molar-refractivity contribution in [3.8, 4) is 11.5 Å². The maximum absolute atomic E-state index is 13.1. The van der Waals surface area contributed by atoms with Gasteiger partial charge in [0.2, 0.25) is 5.78 Å². The monoisotopic (exact) mass is 365 g/mol. The van der Waals surface area contributed by atoms with Crippen molar-refractivity contribution in [2.24, 2.45) is 0 Å². The van der Waals surface area contributed by atoms with Gasteiger partial charge in [-0.3, -0.25) is 4.79 Å². The van der Waals surface area contributed by atoms with E-state index in [1.807, 2.05) is 31.2 Å². The van der Waals surface area contributed by atoms with Crippen LogP contribution < -0.4 is 14.4 Å². The number of rotatable bonds is 5. The quantitative estimate of drug-likeness (QED) is 0.683. The van der Waals surface area contributed by atoms with E-state index in [2.05, 4.69) is 17.1 Å². The summed E-state index contributed by atoms with van der Waals surface area (Å²) in [6, 6.07) is 12.1. The van der Waals surface area contributed by atoms with Crippen LogP contribution in [0, 0.1) is 6.92 Å². The zero-order valence-corrected chi connectivity index (χ0v) is 16.0. The summed E-state index contributed by atoms with van der Waals surface area (Å²) in [5.74, 6) is 1.71. The number of H-pyrrole nitrogens is 1. The Morgan fingerprint density at radius 3 is 2.56 bits per heavy atom. The lowest BCUT2D eigenvalue weighted by Gasteiger charge is -2.26. The van der Waals surface area contributed by atoms with Crippen LogP contribution in [0.1, 0.15) is 27.2 Å². The highest BCUT2D eigenvalue weighted by molar-refractivity contribution is 6.09. The molecule has 140 valence electrons. The van der Waals surface area contributed by atoms with E-state index in [1.54, 1.807) is 14.2 Å². The molecule has 0 aliphatic carbocycles. The summed E-state index contributed by atoms with van der Waals surface area (Å²) in [5.41, 5.74) is 5.32. The van der Waals surface area contributed by atoms with Gasteiger partial charge in [0.05, 0.1) is 26.3 Å². The molecule has 0 fully saturated rings. The van der Waals surface area contributed by atoms with Gasteiger partial charge in [-0.1, -0.05) is 18.2 Å². The average molecular weight is 365 g/mol. The van der Waals surface area contributed by atoms with E-state index in [-0.39, 0.29) is 5.78 Å². The van der Waals surface area contributed by atoms with Gasteiger partial charge in [-0.25, -0.2) is 0 Å². The molecule has 1 unspecified atom stereocenters. The van der Waals surface area contributed by atoms with Crippen LogP contribution in [0.2, 0.25) is 0 Å². The molecule has 3 aromatic rings. The van der Waals surface area contributed by atoms with Crippen LogP contribution in [0.3, 0.4) is 0 Å². The largest absolute Gasteiger partial charge is 0.493 e. The number of hydrogen-bond donors (Lipinski definition) is 2. The number of fused-ring (bicyclic) bond motifs is 2. The van der Waals surface area contributed by atoms with E-state index in [0.717, 1.165) is 53.2 Å². The van der Waals surface area contributed by atoms with Gasteiger partial charge >= 0.3 is 0 Å². The van der Waals surface area contributed by atoms with Crippen LogP contribution in [-0.4, -0.2) is 38.1 Å². The van der Waals surface area contributed by atoms with Crippen molar-refractivity contribution < 1.29 is 19.2 Å². The minimum absolute atomic E-state index is 0.198. The van der Waals surface area contributed by atoms with Crippen LogP contribution in [0.25, 0.3) is 10.9 Å². The van der Waals surface area contributed by atoms with E-state index in [0.29, 0.717) is 6.54 Å². The number of carbonyl (C=O) groups excluding carboxylic acids is 1. The highest BCUT2D eigenvalue weighted by atomic mass is 16.5. The number of aromatic nitrogens is 1. The van der Waals surface area contributed by atoms with Crippen molar-refractivity contribution in [1.82, 2.24) is 4.98 Å². The number of aryl methyl sites for hydroxylation is 1. The second-order valence-corrected chi connectivity index (χ2v) is 7.17. The predicted octanol–water partition coefficient (Wildman–Crippen LogP) is 2.32. The molecular weight excluding hydrogens is 340 g/mol. The maximum Gasteiger partial charge on any atom is 0.219 e. The highest BCUT2D eigenvalue weighted by Crippen LogP contribution is 2.31. The third kappa shape index (κ3) is 3.19. The van der Waals surface area contributed by atoms with Gasteiger partial charge in [-0.2, -0.15) is 0 Å². The normalized spacial score (nSPS) is 16.2. The molecule has 5 nitrogen and oxygen atoms in total. The number of para-hydroxylation sites is 1. The molecular formula is C22H25N2O3+. The number of ketones is 1. The first-order chi connectivity index (χ1) is 13.1. The smallest absolute Gasteiger partial charge is 0.219 e. The molecule has 0 saturated carbocycles. The summed E-state index contributed by atoms with van der Waals surface area (Å²) < 4.78 is 10.8. The Bertz CT molecular complexity index is 1010. The topological polar surface area (TPSA) is 55.8 Å². The molecule has 2 N–H and O–H groups in total. The van der Waals surface area contributed by atoms with Crippen molar-refractivity contribution in [3.05, 3.63) is 58.8 Å². The maximum atomic E-state index is 13.1. The molecule has 1 aliphatic heterocycles. The van der Waals surface area contributed by atoms with Crippen LogP contribution >= 0.6 is 0 Å². The minimum Gasteiger partial charge on any atom is -0.493 e. The number of Topliss-reactive ketones (excluding diaryl/α,β-unsaturated/α-hetero) is 1. The lowest BCUT2D eigenvalue weighted by molar-refractivity contribution is -0.907. The summed E-state index contributed by atoms with van der Waals surface area (Å²) in [4.78, 5) is 17.7. The van der Waals surface area contributed by atoms with Gasteiger partial charge in [-0.05, 0) is 30.7 Å². The fourth-order valence-corrected chi connectivity index (χ4v) is 4.13. The number of carbonyl (C=O) groups is 1. The van der Waals surface area contributed by atoms with Crippen molar-refractivity contribution in [3.63, 3.8) is 0 Å². The van der Waals surface area contributed by atoms with Crippen molar-refractivity contribution in [1.29, 1.82) is 0 Å². The van der Waals surface area contributed by atoms with Gasteiger partial charge in [0.15, 0.2) is 11.5 Å². The molecule has 0 saturated heterocycles. The van der Waals surface area contributed by atoms with Gasteiger partial charge in [0.1, 0.15) is 13.1 Å². The molecule has 27 heavy (non-hydrogen) atoms. The highest BCUT2D eigenvalue weighted by Gasteiger charge is 2.26. The third-order valence-electron chi connectivity index (χ3n) is 5.48. The van der Waals surface area contributed by atoms with E-state index in [1.165, 1.54) is 16.0 Å². The third-order valence-corrected chi connectivity index (χ3v) is 5.48. The fraction of sp³-hybridized carbons (Fsp3) is 0.318. The zero-order valence-electron chi connectivity index (χ0n) is 16.0. The number of ether oxygens (including phenoxy) is 2. The van der Waals surface area contributed by atoms with E-state index < -0.39 is 0 Å². The first kappa shape index (κ1) is 17.6. The number of nitrogens with one attached hydrogen (secondary N) is 2. The van der Waals surface area contributed by atoms with E-state index in [9.17, 15) is 4.79 Å². The Balaban J connectivity index is 1.56. The van der Waals surface area contributed by atoms with Crippen LogP contribution in [0.5, 0.6) is 11.5 Å². The van der Waals surface area contributed by atoms with Gasteiger partial charge in [0, 0.05) is 28.6 Å². The molecule has 2 aromatic carbocycles. The van der Waals surface area contributed by atoms with Crippen LogP contribution in [-0.2, 0) is 13.0 Å². The molecule has 1 aromatic heterocycles. The predicted molar refractivity (Wildman–Crippen MR) is 105 cm³/mol. The molecule has 0 spiro atoms. The number of hydrogen-bond acceptors (Lipinski definition) is 3. The lowest BCUT2D eigenvalue weighted by Crippen LogP contribution is -3.12. The molecule has 1 aliphatic rings. The van der Waals surface area contributed by atoms with Crippen LogP contribution in [0.15, 0.2) is 36.4 Å². The number of aromatic amines is 1. The average Bonchev–Trinajstić information content (AvgIpc) is 3.02. The number of benzene rings is 2. The standard InChI is InChI=1S/C22H24N2O3/c1-14-22(17-6-4-5-7-18(17)23-14)19(25)13-24-9-8-15-10-20(26-2)21(27-3)11-16(15)12-24/h4-7,10-11,23H,8-9,12-13H2,1-3H3/p+1. The van der Waals surface area contributed by atoms with Crippen molar-refractivity contribution in [2.45, 2.75) is 19.9 Å². The lowest BCUT2D eigenvalue weighted by atomic mass is 9.98. The Morgan fingerprint density at radius 1 is 1.11 bits per heavy atom. The fourth-order valence-electron chi connectivity index (χ4n) is 4.13. The molecule has 2 heterocycles. The minimum atomic E-state index is 0.198. The molecule has 0 bridgehead atoms. The molecule has 4 rings (SSSR count). The van der Waals surface area contributed by atoms with Gasteiger partial charge < -0.3 is 19.4 Å². The summed E-state index contributed by atoms with van der Waals surface area (Å²) in [7, 11) is 3.31. The van der Waals surface area contributed by atoms with Gasteiger partial charge in [0.25, 0.3) is 0 Å². The van der Waals surface area contributed by atoms with E-state index in [4.69, 9.17) is 9.47 Å². The summed E-state index contributed by atoms with van der Waals surface area (Å²) in [5, 5.41) is 1.02. The second kappa shape index (κ2) is 7.08. The Labute approximate surface area is 158 Å². The molecule has 0 radical (unpaired) electrons. The van der Waals surface area contributed by atoms with Crippen molar-refractivity contribution in [2.75, 3.05) is 27.3 Å². The Hall–Kier alpha value is -2.79. The summed E-state index contributed by atoms with van der Waals surface area (Å²) >= 11 is 0. The van der Waals surface area contributed by atoms with E-state index >= 15 is 0 Å². The zero-order chi connectivity index (χ0) is 19.0. The SMILES string of the molecule is COc1cc2c(cc1OC)C[NH+](CC(=O)c1c(C)[nH]c3ccccc13)CC2. The molecule has 1 atom stereocenters.